The van der Waals surface area contributed by atoms with E-state index >= 15 is 0 Å². The molecule has 1 aromatic rings. The highest BCUT2D eigenvalue weighted by Gasteiger charge is 2.22. The topological polar surface area (TPSA) is 64.7 Å². The third kappa shape index (κ3) is 7.72. The number of nitrogens with one attached hydrogen (secondary N) is 2. The highest BCUT2D eigenvalue weighted by atomic mass is 32.2. The van der Waals surface area contributed by atoms with E-state index in [1.165, 1.54) is 4.90 Å². The highest BCUT2D eigenvalue weighted by Crippen LogP contribution is 2.32. The van der Waals surface area contributed by atoms with Gasteiger partial charge in [-0.15, -0.1) is 11.8 Å². The number of amides is 3. The van der Waals surface area contributed by atoms with Crippen molar-refractivity contribution in [1.29, 1.82) is 0 Å². The summed E-state index contributed by atoms with van der Waals surface area (Å²) in [5.41, 5.74) is 0.804. The molecule has 28 heavy (non-hydrogen) atoms. The Morgan fingerprint density at radius 2 is 1.71 bits per heavy atom. The molecule has 2 rings (SSSR count). The molecule has 1 heterocycles. The third-order valence-corrected chi connectivity index (χ3v) is 5.70. The van der Waals surface area contributed by atoms with Crippen LogP contribution < -0.4 is 10.6 Å². The summed E-state index contributed by atoms with van der Waals surface area (Å²) in [6.07, 6.45) is 0.926. The maximum absolute atomic E-state index is 12.5. The molecular weight excluding hydrogens is 372 g/mol. The molecule has 1 saturated heterocycles. The van der Waals surface area contributed by atoms with Gasteiger partial charge in [0.1, 0.15) is 0 Å². The molecule has 1 atom stereocenters. The number of hydrogen-bond donors (Lipinski definition) is 2. The molecule has 0 radical (unpaired) electrons. The van der Waals surface area contributed by atoms with Gasteiger partial charge in [0.25, 0.3) is 0 Å². The minimum Gasteiger partial charge on any atom is -0.353 e. The molecule has 1 fully saturated rings. The smallest absolute Gasteiger partial charge is 0.321 e. The normalized spacial score (nSPS) is 16.5. The zero-order valence-corrected chi connectivity index (χ0v) is 18.6. The molecule has 6 nitrogen and oxygen atoms in total. The molecule has 1 unspecified atom stereocenters. The Bertz CT molecular complexity index is 649. The number of thioether (sulfide) groups is 1. The minimum absolute atomic E-state index is 0.0560. The van der Waals surface area contributed by atoms with E-state index in [0.717, 1.165) is 12.1 Å². The Kier molecular flexibility index (Phi) is 8.19. The average Bonchev–Trinajstić information content (AvgIpc) is 2.62. The van der Waals surface area contributed by atoms with E-state index in [2.05, 4.69) is 43.2 Å². The van der Waals surface area contributed by atoms with E-state index in [-0.39, 0.29) is 22.7 Å². The van der Waals surface area contributed by atoms with Crippen molar-refractivity contribution >= 4 is 29.4 Å². The van der Waals surface area contributed by atoms with Crippen molar-refractivity contribution in [3.63, 3.8) is 0 Å². The number of benzene rings is 1. The van der Waals surface area contributed by atoms with Crippen LogP contribution in [-0.4, -0.2) is 65.3 Å². The van der Waals surface area contributed by atoms with Crippen molar-refractivity contribution in [3.05, 3.63) is 24.3 Å². The number of piperazine rings is 1. The third-order valence-electron chi connectivity index (χ3n) is 4.58. The number of urea groups is 1. The summed E-state index contributed by atoms with van der Waals surface area (Å²) in [5.74, 6) is 0.0560. The molecule has 1 aromatic carbocycles. The van der Waals surface area contributed by atoms with Crippen LogP contribution >= 0.6 is 11.8 Å². The molecule has 0 spiro atoms. The van der Waals surface area contributed by atoms with Crippen molar-refractivity contribution in [2.45, 2.75) is 56.7 Å². The maximum atomic E-state index is 12.5. The second kappa shape index (κ2) is 10.2. The molecule has 1 aliphatic heterocycles. The van der Waals surface area contributed by atoms with Gasteiger partial charge in [-0.2, -0.15) is 0 Å². The van der Waals surface area contributed by atoms with Crippen molar-refractivity contribution in [3.8, 4) is 0 Å². The molecule has 3 amide bonds. The van der Waals surface area contributed by atoms with Crippen molar-refractivity contribution in [1.82, 2.24) is 15.1 Å². The lowest BCUT2D eigenvalue weighted by Crippen LogP contribution is -2.52. The largest absolute Gasteiger partial charge is 0.353 e. The number of rotatable bonds is 6. The van der Waals surface area contributed by atoms with E-state index in [9.17, 15) is 9.59 Å². The number of nitrogens with zero attached hydrogens (tertiary/aromatic N) is 2. The predicted molar refractivity (Wildman–Crippen MR) is 117 cm³/mol. The summed E-state index contributed by atoms with van der Waals surface area (Å²) in [6, 6.07) is 8.09. The molecular formula is C21H34N4O2S. The van der Waals surface area contributed by atoms with Gasteiger partial charge in [-0.3, -0.25) is 9.69 Å². The lowest BCUT2D eigenvalue weighted by atomic mass is 10.2. The monoisotopic (exact) mass is 406 g/mol. The quantitative estimate of drug-likeness (QED) is 0.708. The van der Waals surface area contributed by atoms with Crippen LogP contribution in [0.4, 0.5) is 10.5 Å². The van der Waals surface area contributed by atoms with Gasteiger partial charge in [0, 0.05) is 47.6 Å². The SMILES string of the molecule is CCC(C)NC(=O)CN1CCN(C(=O)Nc2ccc(SC(C)(C)C)cc2)CC1. The van der Waals surface area contributed by atoms with Crippen LogP contribution in [0.3, 0.4) is 0 Å². The lowest BCUT2D eigenvalue weighted by Gasteiger charge is -2.34. The second-order valence-corrected chi connectivity index (χ2v) is 10.2. The lowest BCUT2D eigenvalue weighted by molar-refractivity contribution is -0.123. The van der Waals surface area contributed by atoms with Gasteiger partial charge >= 0.3 is 6.03 Å². The Morgan fingerprint density at radius 3 is 2.25 bits per heavy atom. The summed E-state index contributed by atoms with van der Waals surface area (Å²) < 4.78 is 0.163. The van der Waals surface area contributed by atoms with E-state index in [1.54, 1.807) is 16.7 Å². The summed E-state index contributed by atoms with van der Waals surface area (Å²) in [5, 5.41) is 5.96. The van der Waals surface area contributed by atoms with Crippen LogP contribution in [0, 0.1) is 0 Å². The summed E-state index contributed by atoms with van der Waals surface area (Å²) >= 11 is 1.80. The molecule has 0 aromatic heterocycles. The summed E-state index contributed by atoms with van der Waals surface area (Å²) in [7, 11) is 0. The first-order valence-electron chi connectivity index (χ1n) is 10.0. The average molecular weight is 407 g/mol. The van der Waals surface area contributed by atoms with Gasteiger partial charge in [-0.1, -0.05) is 27.7 Å². The molecule has 156 valence electrons. The van der Waals surface area contributed by atoms with Gasteiger partial charge in [0.15, 0.2) is 0 Å². The fourth-order valence-electron chi connectivity index (χ4n) is 2.90. The van der Waals surface area contributed by atoms with Crippen molar-refractivity contribution < 1.29 is 9.59 Å². The summed E-state index contributed by atoms with van der Waals surface area (Å²) in [4.78, 5) is 29.6. The van der Waals surface area contributed by atoms with Gasteiger partial charge in [-0.05, 0) is 37.6 Å². The van der Waals surface area contributed by atoms with Gasteiger partial charge < -0.3 is 15.5 Å². The standard InChI is InChI=1S/C21H34N4O2S/c1-6-16(2)22-19(26)15-24-11-13-25(14-12-24)20(27)23-17-7-9-18(10-8-17)28-21(3,4)5/h7-10,16H,6,11-15H2,1-5H3,(H,22,26)(H,23,27). The van der Waals surface area contributed by atoms with Crippen LogP contribution in [0.25, 0.3) is 0 Å². The zero-order valence-electron chi connectivity index (χ0n) is 17.7. The fraction of sp³-hybridized carbons (Fsp3) is 0.619. The van der Waals surface area contributed by atoms with E-state index < -0.39 is 0 Å². The van der Waals surface area contributed by atoms with Crippen LogP contribution in [0.1, 0.15) is 41.0 Å². The Labute approximate surface area is 173 Å². The molecule has 2 N–H and O–H groups in total. The van der Waals surface area contributed by atoms with Crippen LogP contribution in [0.15, 0.2) is 29.2 Å². The van der Waals surface area contributed by atoms with Gasteiger partial charge in [0.05, 0.1) is 6.54 Å². The Morgan fingerprint density at radius 1 is 1.11 bits per heavy atom. The Hall–Kier alpha value is -1.73. The zero-order chi connectivity index (χ0) is 20.7. The van der Waals surface area contributed by atoms with E-state index in [0.29, 0.717) is 32.7 Å². The van der Waals surface area contributed by atoms with Gasteiger partial charge in [0.2, 0.25) is 5.91 Å². The number of carbonyl (C=O) groups excluding carboxylic acids is 2. The highest BCUT2D eigenvalue weighted by molar-refractivity contribution is 8.00. The molecule has 0 saturated carbocycles. The van der Waals surface area contributed by atoms with Crippen molar-refractivity contribution in [2.24, 2.45) is 0 Å². The van der Waals surface area contributed by atoms with Crippen LogP contribution in [-0.2, 0) is 4.79 Å². The molecule has 1 aliphatic rings. The molecule has 0 aliphatic carbocycles. The van der Waals surface area contributed by atoms with Gasteiger partial charge in [-0.25, -0.2) is 4.79 Å². The Balaban J connectivity index is 1.76. The maximum Gasteiger partial charge on any atom is 0.321 e. The second-order valence-electron chi connectivity index (χ2n) is 8.31. The predicted octanol–water partition coefficient (Wildman–Crippen LogP) is 3.64. The first-order valence-corrected chi connectivity index (χ1v) is 10.8. The molecule has 7 heteroatoms. The molecule has 0 bridgehead atoms. The fourth-order valence-corrected chi connectivity index (χ4v) is 3.88. The summed E-state index contributed by atoms with van der Waals surface area (Å²) in [6.45, 7) is 13.7. The van der Waals surface area contributed by atoms with Crippen LogP contribution in [0.2, 0.25) is 0 Å². The van der Waals surface area contributed by atoms with E-state index in [1.807, 2.05) is 31.2 Å². The van der Waals surface area contributed by atoms with Crippen molar-refractivity contribution in [2.75, 3.05) is 38.0 Å². The number of anilines is 1. The van der Waals surface area contributed by atoms with Crippen LogP contribution in [0.5, 0.6) is 0 Å². The first kappa shape index (κ1) is 22.6. The first-order chi connectivity index (χ1) is 13.2. The minimum atomic E-state index is -0.0834. The van der Waals surface area contributed by atoms with E-state index in [4.69, 9.17) is 0 Å². The number of carbonyl (C=O) groups is 2. The number of hydrogen-bond acceptors (Lipinski definition) is 4.